The lowest BCUT2D eigenvalue weighted by molar-refractivity contribution is 0.215. The van der Waals surface area contributed by atoms with E-state index in [1.165, 1.54) is 0 Å². The van der Waals surface area contributed by atoms with Gasteiger partial charge in [0, 0.05) is 6.42 Å². The van der Waals surface area contributed by atoms with Crippen molar-refractivity contribution in [3.63, 3.8) is 0 Å². The van der Waals surface area contributed by atoms with Crippen LogP contribution in [-0.2, 0) is 4.74 Å². The molecule has 0 radical (unpaired) electrons. The lowest BCUT2D eigenvalue weighted by atomic mass is 10.3. The molecule has 1 aliphatic heterocycles. The Morgan fingerprint density at radius 2 is 2.44 bits per heavy atom. The molecular formula is C7H13NO. The van der Waals surface area contributed by atoms with E-state index in [2.05, 4.69) is 18.8 Å². The smallest absolute Gasteiger partial charge is 0.183 e. The lowest BCUT2D eigenvalue weighted by Crippen LogP contribution is -2.10. The van der Waals surface area contributed by atoms with Crippen molar-refractivity contribution in [2.45, 2.75) is 32.8 Å². The molecule has 1 atom stereocenters. The van der Waals surface area contributed by atoms with Gasteiger partial charge in [-0.2, -0.15) is 0 Å². The van der Waals surface area contributed by atoms with Crippen LogP contribution in [0.3, 0.4) is 0 Å². The monoisotopic (exact) mass is 127 g/mol. The maximum atomic E-state index is 5.41. The first-order chi connectivity index (χ1) is 4.36. The zero-order chi connectivity index (χ0) is 6.69. The molecule has 0 aromatic heterocycles. The van der Waals surface area contributed by atoms with Crippen LogP contribution in [0, 0.1) is 0 Å². The molecule has 52 valence electrons. The molecule has 0 bridgehead atoms. The van der Waals surface area contributed by atoms with E-state index in [1.54, 1.807) is 0 Å². The van der Waals surface area contributed by atoms with E-state index >= 15 is 0 Å². The van der Waals surface area contributed by atoms with E-state index in [0.717, 1.165) is 25.3 Å². The average Bonchev–Trinajstić information content (AvgIpc) is 2.34. The van der Waals surface area contributed by atoms with Crippen molar-refractivity contribution in [2.24, 2.45) is 4.99 Å². The summed E-state index contributed by atoms with van der Waals surface area (Å²) >= 11 is 0. The van der Waals surface area contributed by atoms with E-state index in [0.29, 0.717) is 6.10 Å². The summed E-state index contributed by atoms with van der Waals surface area (Å²) in [4.78, 5) is 4.20. The first-order valence-corrected chi connectivity index (χ1v) is 3.56. The molecule has 1 unspecified atom stereocenters. The highest BCUT2D eigenvalue weighted by Gasteiger charge is 2.15. The molecule has 1 aliphatic rings. The van der Waals surface area contributed by atoms with Gasteiger partial charge in [0.1, 0.15) is 6.10 Å². The van der Waals surface area contributed by atoms with Crippen LogP contribution in [0.1, 0.15) is 26.7 Å². The topological polar surface area (TPSA) is 21.6 Å². The van der Waals surface area contributed by atoms with Crippen LogP contribution in [0.4, 0.5) is 0 Å². The van der Waals surface area contributed by atoms with Crippen LogP contribution in [0.2, 0.25) is 0 Å². The summed E-state index contributed by atoms with van der Waals surface area (Å²) in [6, 6.07) is 0. The first kappa shape index (κ1) is 6.59. The Hall–Kier alpha value is -0.530. The highest BCUT2D eigenvalue weighted by atomic mass is 16.5. The van der Waals surface area contributed by atoms with Gasteiger partial charge in [0.15, 0.2) is 5.90 Å². The molecule has 0 saturated heterocycles. The summed E-state index contributed by atoms with van der Waals surface area (Å²) < 4.78 is 5.41. The first-order valence-electron chi connectivity index (χ1n) is 3.56. The Balaban J connectivity index is 2.31. The molecule has 1 heterocycles. The number of hydrogen-bond acceptors (Lipinski definition) is 2. The third-order valence-corrected chi connectivity index (χ3v) is 1.53. The van der Waals surface area contributed by atoms with Crippen molar-refractivity contribution in [3.05, 3.63) is 0 Å². The largest absolute Gasteiger partial charge is 0.476 e. The van der Waals surface area contributed by atoms with Gasteiger partial charge in [-0.1, -0.05) is 13.8 Å². The van der Waals surface area contributed by atoms with Crippen molar-refractivity contribution >= 4 is 5.90 Å². The Bertz CT molecular complexity index is 120. The SMILES string of the molecule is CCC1=NCC(CC)O1. The minimum atomic E-state index is 0.375. The fourth-order valence-corrected chi connectivity index (χ4v) is 0.878. The predicted octanol–water partition coefficient (Wildman–Crippen LogP) is 1.60. The number of aliphatic imine (C=N–C) groups is 1. The Kier molecular flexibility index (Phi) is 2.09. The van der Waals surface area contributed by atoms with Gasteiger partial charge >= 0.3 is 0 Å². The van der Waals surface area contributed by atoms with Gasteiger partial charge in [-0.3, -0.25) is 4.99 Å². The van der Waals surface area contributed by atoms with E-state index in [4.69, 9.17) is 4.74 Å². The molecule has 0 aromatic rings. The quantitative estimate of drug-likeness (QED) is 0.552. The van der Waals surface area contributed by atoms with Gasteiger partial charge in [0.25, 0.3) is 0 Å². The highest BCUT2D eigenvalue weighted by Crippen LogP contribution is 2.08. The lowest BCUT2D eigenvalue weighted by Gasteiger charge is -2.05. The Morgan fingerprint density at radius 3 is 2.78 bits per heavy atom. The molecule has 0 aromatic carbocycles. The second-order valence-corrected chi connectivity index (χ2v) is 2.24. The zero-order valence-corrected chi connectivity index (χ0v) is 6.05. The molecule has 0 aliphatic carbocycles. The summed E-state index contributed by atoms with van der Waals surface area (Å²) in [6.45, 7) is 5.06. The standard InChI is InChI=1S/C7H13NO/c1-3-6-5-8-7(4-2)9-6/h6H,3-5H2,1-2H3. The molecule has 0 spiro atoms. The van der Waals surface area contributed by atoms with Crippen LogP contribution in [0.25, 0.3) is 0 Å². The molecule has 2 heteroatoms. The molecule has 0 saturated carbocycles. The fraction of sp³-hybridized carbons (Fsp3) is 0.857. The van der Waals surface area contributed by atoms with Crippen molar-refractivity contribution in [2.75, 3.05) is 6.54 Å². The van der Waals surface area contributed by atoms with Crippen LogP contribution >= 0.6 is 0 Å². The van der Waals surface area contributed by atoms with Gasteiger partial charge in [0.05, 0.1) is 6.54 Å². The summed E-state index contributed by atoms with van der Waals surface area (Å²) in [5, 5.41) is 0. The highest BCUT2D eigenvalue weighted by molar-refractivity contribution is 5.77. The van der Waals surface area contributed by atoms with Crippen LogP contribution in [-0.4, -0.2) is 18.5 Å². The number of nitrogens with zero attached hydrogens (tertiary/aromatic N) is 1. The second-order valence-electron chi connectivity index (χ2n) is 2.24. The molecule has 9 heavy (non-hydrogen) atoms. The number of hydrogen-bond donors (Lipinski definition) is 0. The summed E-state index contributed by atoms with van der Waals surface area (Å²) in [5.41, 5.74) is 0. The average molecular weight is 127 g/mol. The van der Waals surface area contributed by atoms with Crippen molar-refractivity contribution in [1.29, 1.82) is 0 Å². The summed E-state index contributed by atoms with van der Waals surface area (Å²) in [5.74, 6) is 0.932. The third kappa shape index (κ3) is 1.44. The van der Waals surface area contributed by atoms with Crippen molar-refractivity contribution < 1.29 is 4.74 Å². The summed E-state index contributed by atoms with van der Waals surface area (Å²) in [7, 11) is 0. The van der Waals surface area contributed by atoms with Gasteiger partial charge in [-0.25, -0.2) is 0 Å². The van der Waals surface area contributed by atoms with E-state index < -0.39 is 0 Å². The summed E-state index contributed by atoms with van der Waals surface area (Å²) in [6.07, 6.45) is 2.39. The van der Waals surface area contributed by atoms with E-state index in [-0.39, 0.29) is 0 Å². The normalized spacial score (nSPS) is 25.6. The van der Waals surface area contributed by atoms with Crippen molar-refractivity contribution in [1.82, 2.24) is 0 Å². The molecule has 0 amide bonds. The molecule has 2 nitrogen and oxygen atoms in total. The maximum absolute atomic E-state index is 5.41. The minimum absolute atomic E-state index is 0.375. The fourth-order valence-electron chi connectivity index (χ4n) is 0.878. The van der Waals surface area contributed by atoms with Crippen LogP contribution < -0.4 is 0 Å². The van der Waals surface area contributed by atoms with Gasteiger partial charge in [-0.05, 0) is 6.42 Å². The Labute approximate surface area is 55.9 Å². The number of ether oxygens (including phenoxy) is 1. The van der Waals surface area contributed by atoms with Gasteiger partial charge < -0.3 is 4.74 Å². The van der Waals surface area contributed by atoms with Crippen molar-refractivity contribution in [3.8, 4) is 0 Å². The van der Waals surface area contributed by atoms with Gasteiger partial charge in [-0.15, -0.1) is 0 Å². The second kappa shape index (κ2) is 2.85. The minimum Gasteiger partial charge on any atom is -0.476 e. The zero-order valence-electron chi connectivity index (χ0n) is 6.05. The van der Waals surface area contributed by atoms with E-state index in [1.807, 2.05) is 0 Å². The van der Waals surface area contributed by atoms with Gasteiger partial charge in [0.2, 0.25) is 0 Å². The molecule has 0 fully saturated rings. The molecular weight excluding hydrogens is 114 g/mol. The molecule has 1 rings (SSSR count). The molecule has 0 N–H and O–H groups in total. The van der Waals surface area contributed by atoms with Crippen LogP contribution in [0.5, 0.6) is 0 Å². The van der Waals surface area contributed by atoms with E-state index in [9.17, 15) is 0 Å². The maximum Gasteiger partial charge on any atom is 0.183 e. The van der Waals surface area contributed by atoms with Crippen LogP contribution in [0.15, 0.2) is 4.99 Å². The number of rotatable bonds is 2. The third-order valence-electron chi connectivity index (χ3n) is 1.53. The Morgan fingerprint density at radius 1 is 1.67 bits per heavy atom. The predicted molar refractivity (Wildman–Crippen MR) is 37.8 cm³/mol.